The maximum absolute atomic E-state index is 13.0. The van der Waals surface area contributed by atoms with Crippen molar-refractivity contribution in [1.29, 1.82) is 0 Å². The van der Waals surface area contributed by atoms with E-state index in [1.165, 1.54) is 16.4 Å². The third-order valence-electron chi connectivity index (χ3n) is 4.79. The zero-order chi connectivity index (χ0) is 18.1. The predicted octanol–water partition coefficient (Wildman–Crippen LogP) is 0.588. The number of benzene rings is 1. The first kappa shape index (κ1) is 21.0. The molecule has 0 radical (unpaired) electrons. The standard InChI is InChI=1S/C16H22FN3O4S.ClH/c17-13-1-3-14(4-2-13)25(22,23)20-9-7-19(8-10-20)15(21)16(18)5-11-24-12-6-16;/h1-4H,5-12,18H2;1H. The summed E-state index contributed by atoms with van der Waals surface area (Å²) in [6.45, 7) is 1.89. The number of halogens is 2. The van der Waals surface area contributed by atoms with Crippen LogP contribution in [-0.4, -0.2) is 68.5 Å². The molecule has 2 aliphatic heterocycles. The Morgan fingerprint density at radius 3 is 2.15 bits per heavy atom. The Balaban J connectivity index is 0.00000243. The number of carbonyl (C=O) groups excluding carboxylic acids is 1. The summed E-state index contributed by atoms with van der Waals surface area (Å²) in [5, 5.41) is 0. The molecule has 2 heterocycles. The molecule has 2 saturated heterocycles. The van der Waals surface area contributed by atoms with Gasteiger partial charge in [0.1, 0.15) is 5.82 Å². The molecule has 2 N–H and O–H groups in total. The molecule has 7 nitrogen and oxygen atoms in total. The SMILES string of the molecule is Cl.NC1(C(=O)N2CCN(S(=O)(=O)c3ccc(F)cc3)CC2)CCOCC1. The molecule has 3 rings (SSSR count). The van der Waals surface area contributed by atoms with E-state index in [0.29, 0.717) is 39.1 Å². The van der Waals surface area contributed by atoms with Gasteiger partial charge in [-0.1, -0.05) is 0 Å². The summed E-state index contributed by atoms with van der Waals surface area (Å²) in [7, 11) is -3.69. The second-order valence-corrected chi connectivity index (χ2v) is 8.36. The van der Waals surface area contributed by atoms with E-state index >= 15 is 0 Å². The van der Waals surface area contributed by atoms with Crippen LogP contribution < -0.4 is 5.73 Å². The van der Waals surface area contributed by atoms with Crippen LogP contribution in [0.3, 0.4) is 0 Å². The molecule has 1 aromatic rings. The number of nitrogens with two attached hydrogens (primary N) is 1. The zero-order valence-electron chi connectivity index (χ0n) is 14.3. The molecule has 0 aliphatic carbocycles. The Hall–Kier alpha value is -1.26. The predicted molar refractivity (Wildman–Crippen MR) is 96.0 cm³/mol. The first-order chi connectivity index (χ1) is 11.8. The molecule has 0 bridgehead atoms. The fraction of sp³-hybridized carbons (Fsp3) is 0.562. The molecule has 0 saturated carbocycles. The first-order valence-corrected chi connectivity index (χ1v) is 9.69. The van der Waals surface area contributed by atoms with Crippen molar-refractivity contribution >= 4 is 28.3 Å². The minimum absolute atomic E-state index is 0. The Morgan fingerprint density at radius 2 is 1.62 bits per heavy atom. The maximum Gasteiger partial charge on any atom is 0.243 e. The number of piperazine rings is 1. The lowest BCUT2D eigenvalue weighted by Crippen LogP contribution is -2.61. The van der Waals surface area contributed by atoms with E-state index in [1.54, 1.807) is 4.90 Å². The average molecular weight is 408 g/mol. The van der Waals surface area contributed by atoms with Crippen LogP contribution in [0, 0.1) is 5.82 Å². The molecular weight excluding hydrogens is 385 g/mol. The number of amides is 1. The largest absolute Gasteiger partial charge is 0.381 e. The number of nitrogens with zero attached hydrogens (tertiary/aromatic N) is 2. The van der Waals surface area contributed by atoms with Crippen molar-refractivity contribution in [3.8, 4) is 0 Å². The van der Waals surface area contributed by atoms with Gasteiger partial charge in [0, 0.05) is 39.4 Å². The third kappa shape index (κ3) is 4.17. The van der Waals surface area contributed by atoms with Crippen LogP contribution in [0.2, 0.25) is 0 Å². The van der Waals surface area contributed by atoms with Crippen LogP contribution in [0.1, 0.15) is 12.8 Å². The molecule has 0 unspecified atom stereocenters. The molecule has 146 valence electrons. The van der Waals surface area contributed by atoms with Gasteiger partial charge in [-0.15, -0.1) is 12.4 Å². The molecule has 0 spiro atoms. The Morgan fingerprint density at radius 1 is 1.08 bits per heavy atom. The molecule has 2 fully saturated rings. The van der Waals surface area contributed by atoms with E-state index in [-0.39, 0.29) is 36.3 Å². The van der Waals surface area contributed by atoms with Crippen LogP contribution in [0.25, 0.3) is 0 Å². The van der Waals surface area contributed by atoms with Crippen LogP contribution in [-0.2, 0) is 19.6 Å². The van der Waals surface area contributed by atoms with Gasteiger partial charge in [-0.05, 0) is 37.1 Å². The summed E-state index contributed by atoms with van der Waals surface area (Å²) in [6, 6.07) is 4.74. The van der Waals surface area contributed by atoms with Crippen molar-refractivity contribution in [1.82, 2.24) is 9.21 Å². The molecule has 0 atom stereocenters. The number of hydrogen-bond acceptors (Lipinski definition) is 5. The van der Waals surface area contributed by atoms with Gasteiger partial charge >= 0.3 is 0 Å². The first-order valence-electron chi connectivity index (χ1n) is 8.25. The highest BCUT2D eigenvalue weighted by molar-refractivity contribution is 7.89. The minimum Gasteiger partial charge on any atom is -0.381 e. The monoisotopic (exact) mass is 407 g/mol. The number of hydrogen-bond donors (Lipinski definition) is 1. The Kier molecular flexibility index (Phi) is 6.62. The summed E-state index contributed by atoms with van der Waals surface area (Å²) in [5.41, 5.74) is 5.30. The van der Waals surface area contributed by atoms with Gasteiger partial charge in [0.2, 0.25) is 15.9 Å². The fourth-order valence-electron chi connectivity index (χ4n) is 3.15. The normalized spacial score (nSPS) is 21.1. The summed E-state index contributed by atoms with van der Waals surface area (Å²) in [4.78, 5) is 14.4. The molecule has 10 heteroatoms. The second kappa shape index (κ2) is 8.18. The lowest BCUT2D eigenvalue weighted by atomic mass is 9.89. The van der Waals surface area contributed by atoms with Crippen molar-refractivity contribution in [3.05, 3.63) is 30.1 Å². The van der Waals surface area contributed by atoms with Crippen molar-refractivity contribution in [2.45, 2.75) is 23.3 Å². The molecule has 0 aromatic heterocycles. The van der Waals surface area contributed by atoms with E-state index in [0.717, 1.165) is 12.1 Å². The minimum atomic E-state index is -3.69. The van der Waals surface area contributed by atoms with Crippen molar-refractivity contribution in [2.24, 2.45) is 5.73 Å². The van der Waals surface area contributed by atoms with E-state index < -0.39 is 21.4 Å². The second-order valence-electron chi connectivity index (χ2n) is 6.42. The Bertz CT molecular complexity index is 730. The highest BCUT2D eigenvalue weighted by Gasteiger charge is 2.40. The fourth-order valence-corrected chi connectivity index (χ4v) is 4.57. The van der Waals surface area contributed by atoms with E-state index in [1.807, 2.05) is 0 Å². The lowest BCUT2D eigenvalue weighted by Gasteiger charge is -2.40. The van der Waals surface area contributed by atoms with E-state index in [4.69, 9.17) is 10.5 Å². The summed E-state index contributed by atoms with van der Waals surface area (Å²) < 4.78 is 44.8. The molecule has 1 aromatic carbocycles. The lowest BCUT2D eigenvalue weighted by molar-refractivity contribution is -0.141. The van der Waals surface area contributed by atoms with Crippen LogP contribution in [0.15, 0.2) is 29.2 Å². The molecule has 1 amide bonds. The zero-order valence-corrected chi connectivity index (χ0v) is 15.9. The van der Waals surface area contributed by atoms with E-state index in [2.05, 4.69) is 0 Å². The highest BCUT2D eigenvalue weighted by atomic mass is 35.5. The average Bonchev–Trinajstić information content (AvgIpc) is 2.62. The molecular formula is C16H23ClFN3O4S. The van der Waals surface area contributed by atoms with Crippen LogP contribution >= 0.6 is 12.4 Å². The summed E-state index contributed by atoms with van der Waals surface area (Å²) in [6.07, 6.45) is 0.944. The number of rotatable bonds is 3. The van der Waals surface area contributed by atoms with E-state index in [9.17, 15) is 17.6 Å². The third-order valence-corrected chi connectivity index (χ3v) is 6.70. The highest BCUT2D eigenvalue weighted by Crippen LogP contribution is 2.23. The van der Waals surface area contributed by atoms with Crippen molar-refractivity contribution in [2.75, 3.05) is 39.4 Å². The topological polar surface area (TPSA) is 92.9 Å². The van der Waals surface area contributed by atoms with Crippen LogP contribution in [0.4, 0.5) is 4.39 Å². The van der Waals surface area contributed by atoms with Gasteiger partial charge in [0.05, 0.1) is 10.4 Å². The summed E-state index contributed by atoms with van der Waals surface area (Å²) >= 11 is 0. The smallest absolute Gasteiger partial charge is 0.243 e. The number of carbonyl (C=O) groups is 1. The van der Waals surface area contributed by atoms with Gasteiger partial charge in [-0.3, -0.25) is 4.79 Å². The number of ether oxygens (including phenoxy) is 1. The van der Waals surface area contributed by atoms with Crippen molar-refractivity contribution in [3.63, 3.8) is 0 Å². The van der Waals surface area contributed by atoms with Gasteiger partial charge in [-0.25, -0.2) is 12.8 Å². The molecule has 2 aliphatic rings. The van der Waals surface area contributed by atoms with Gasteiger partial charge in [0.25, 0.3) is 0 Å². The van der Waals surface area contributed by atoms with Crippen molar-refractivity contribution < 1.29 is 22.3 Å². The van der Waals surface area contributed by atoms with Gasteiger partial charge in [-0.2, -0.15) is 4.31 Å². The van der Waals surface area contributed by atoms with Crippen LogP contribution in [0.5, 0.6) is 0 Å². The summed E-state index contributed by atoms with van der Waals surface area (Å²) in [5.74, 6) is -0.631. The quantitative estimate of drug-likeness (QED) is 0.791. The van der Waals surface area contributed by atoms with Gasteiger partial charge < -0.3 is 15.4 Å². The Labute approximate surface area is 158 Å². The number of sulfonamides is 1. The van der Waals surface area contributed by atoms with Gasteiger partial charge in [0.15, 0.2) is 0 Å². The molecule has 26 heavy (non-hydrogen) atoms. The maximum atomic E-state index is 13.0.